The van der Waals surface area contributed by atoms with Crippen molar-refractivity contribution in [2.75, 3.05) is 38.1 Å². The summed E-state index contributed by atoms with van der Waals surface area (Å²) in [5, 5.41) is 0. The van der Waals surface area contributed by atoms with Gasteiger partial charge in [-0.3, -0.25) is 20.2 Å². The molecule has 0 spiro atoms. The number of piperazine rings is 1. The van der Waals surface area contributed by atoms with Gasteiger partial charge in [0, 0.05) is 38.4 Å². The average molecular weight is 354 g/mol. The lowest BCUT2D eigenvalue weighted by atomic mass is 10.1. The fourth-order valence-electron chi connectivity index (χ4n) is 2.85. The van der Waals surface area contributed by atoms with E-state index in [-0.39, 0.29) is 11.9 Å². The molecule has 0 saturated carbocycles. The lowest BCUT2D eigenvalue weighted by Gasteiger charge is -2.33. The fraction of sp³-hybridized carbons (Fsp3) is 0.421. The predicted molar refractivity (Wildman–Crippen MR) is 103 cm³/mol. The van der Waals surface area contributed by atoms with E-state index in [0.717, 1.165) is 31.9 Å². The van der Waals surface area contributed by atoms with E-state index in [1.54, 1.807) is 18.3 Å². The molecule has 7 nitrogen and oxygen atoms in total. The van der Waals surface area contributed by atoms with E-state index >= 15 is 0 Å². The van der Waals surface area contributed by atoms with E-state index in [0.29, 0.717) is 17.0 Å². The Labute approximate surface area is 154 Å². The Morgan fingerprint density at radius 1 is 1.12 bits per heavy atom. The molecule has 2 aromatic heterocycles. The van der Waals surface area contributed by atoms with Crippen LogP contribution >= 0.6 is 0 Å². The minimum absolute atomic E-state index is 0.153. The van der Waals surface area contributed by atoms with Crippen molar-refractivity contribution in [3.05, 3.63) is 42.2 Å². The summed E-state index contributed by atoms with van der Waals surface area (Å²) < 4.78 is 0. The lowest BCUT2D eigenvalue weighted by molar-refractivity contribution is 0.0928. The Bertz CT molecular complexity index is 738. The van der Waals surface area contributed by atoms with Gasteiger partial charge in [-0.15, -0.1) is 0 Å². The number of pyridine rings is 2. The Hall–Kier alpha value is -2.51. The van der Waals surface area contributed by atoms with Crippen LogP contribution in [0.15, 0.2) is 36.7 Å². The molecule has 3 rings (SSSR count). The molecule has 0 aromatic carbocycles. The maximum absolute atomic E-state index is 12.4. The van der Waals surface area contributed by atoms with Crippen LogP contribution in [-0.4, -0.2) is 60.0 Å². The van der Waals surface area contributed by atoms with Crippen molar-refractivity contribution in [2.24, 2.45) is 0 Å². The van der Waals surface area contributed by atoms with Crippen molar-refractivity contribution in [1.82, 2.24) is 25.7 Å². The van der Waals surface area contributed by atoms with Gasteiger partial charge in [-0.2, -0.15) is 0 Å². The highest BCUT2D eigenvalue weighted by Gasteiger charge is 2.17. The molecular weight excluding hydrogens is 328 g/mol. The van der Waals surface area contributed by atoms with Crippen LogP contribution in [0.2, 0.25) is 0 Å². The lowest BCUT2D eigenvalue weighted by Crippen LogP contribution is -2.44. The number of nitrogens with zero attached hydrogens (tertiary/aromatic N) is 4. The highest BCUT2D eigenvalue weighted by atomic mass is 16.2. The molecule has 1 aliphatic heterocycles. The first-order valence-electron chi connectivity index (χ1n) is 8.95. The van der Waals surface area contributed by atoms with Crippen molar-refractivity contribution >= 4 is 11.6 Å². The highest BCUT2D eigenvalue weighted by molar-refractivity contribution is 5.99. The predicted octanol–water partition coefficient (Wildman–Crippen LogP) is 1.54. The summed E-state index contributed by atoms with van der Waals surface area (Å²) in [6, 6.07) is 7.65. The topological polar surface area (TPSA) is 73.4 Å². The maximum atomic E-state index is 12.4. The van der Waals surface area contributed by atoms with Gasteiger partial charge in [-0.1, -0.05) is 0 Å². The quantitative estimate of drug-likeness (QED) is 0.794. The van der Waals surface area contributed by atoms with Gasteiger partial charge in [0.15, 0.2) is 0 Å². The van der Waals surface area contributed by atoms with Gasteiger partial charge in [0.1, 0.15) is 5.69 Å². The molecule has 2 N–H and O–H groups in total. The van der Waals surface area contributed by atoms with Crippen molar-refractivity contribution in [2.45, 2.75) is 19.9 Å². The number of carbonyl (C=O) groups excluding carboxylic acids is 1. The van der Waals surface area contributed by atoms with E-state index in [1.807, 2.05) is 26.1 Å². The molecule has 1 aliphatic rings. The number of hydrogen-bond donors (Lipinski definition) is 2. The molecule has 138 valence electrons. The van der Waals surface area contributed by atoms with Gasteiger partial charge in [0.2, 0.25) is 0 Å². The molecule has 3 heterocycles. The molecule has 26 heavy (non-hydrogen) atoms. The highest BCUT2D eigenvalue weighted by Crippen LogP contribution is 2.22. The summed E-state index contributed by atoms with van der Waals surface area (Å²) in [5.74, 6) is -0.216. The van der Waals surface area contributed by atoms with Crippen molar-refractivity contribution in [3.8, 4) is 11.4 Å². The van der Waals surface area contributed by atoms with Crippen molar-refractivity contribution < 1.29 is 4.79 Å². The van der Waals surface area contributed by atoms with Gasteiger partial charge in [-0.05, 0) is 45.2 Å². The number of hydrazine groups is 1. The van der Waals surface area contributed by atoms with Gasteiger partial charge >= 0.3 is 0 Å². The number of carbonyl (C=O) groups is 1. The number of aromatic nitrogens is 2. The van der Waals surface area contributed by atoms with E-state index in [2.05, 4.69) is 43.7 Å². The maximum Gasteiger partial charge on any atom is 0.267 e. The Morgan fingerprint density at radius 3 is 2.54 bits per heavy atom. The molecular formula is C19H26N6O. The molecule has 0 bridgehead atoms. The van der Waals surface area contributed by atoms with Crippen LogP contribution in [0.1, 0.15) is 24.2 Å². The number of hydrogen-bond acceptors (Lipinski definition) is 6. The number of nitrogens with one attached hydrogen (secondary N) is 2. The second-order valence-corrected chi connectivity index (χ2v) is 6.84. The van der Waals surface area contributed by atoms with Crippen LogP contribution in [-0.2, 0) is 0 Å². The summed E-state index contributed by atoms with van der Waals surface area (Å²) >= 11 is 0. The van der Waals surface area contributed by atoms with E-state index in [9.17, 15) is 4.79 Å². The minimum Gasteiger partial charge on any atom is -0.368 e. The molecule has 0 radical (unpaired) electrons. The number of likely N-dealkylation sites (N-methyl/N-ethyl adjacent to an activating group) is 1. The Kier molecular flexibility index (Phi) is 5.80. The number of anilines is 1. The summed E-state index contributed by atoms with van der Waals surface area (Å²) in [7, 11) is 2.14. The Balaban J connectivity index is 1.78. The third kappa shape index (κ3) is 4.36. The third-order valence-corrected chi connectivity index (χ3v) is 4.39. The second-order valence-electron chi connectivity index (χ2n) is 6.84. The summed E-state index contributed by atoms with van der Waals surface area (Å²) in [5.41, 5.74) is 8.50. The average Bonchev–Trinajstić information content (AvgIpc) is 2.67. The van der Waals surface area contributed by atoms with E-state index < -0.39 is 0 Å². The van der Waals surface area contributed by atoms with Gasteiger partial charge in [-0.25, -0.2) is 5.43 Å². The fourth-order valence-corrected chi connectivity index (χ4v) is 2.85. The largest absolute Gasteiger partial charge is 0.368 e. The first-order chi connectivity index (χ1) is 12.5. The molecule has 1 amide bonds. The molecule has 1 saturated heterocycles. The van der Waals surface area contributed by atoms with Crippen LogP contribution < -0.4 is 15.8 Å². The number of rotatable bonds is 5. The van der Waals surface area contributed by atoms with E-state index in [4.69, 9.17) is 0 Å². The van der Waals surface area contributed by atoms with Crippen LogP contribution in [0.3, 0.4) is 0 Å². The first-order valence-corrected chi connectivity index (χ1v) is 8.95. The molecule has 1 fully saturated rings. The zero-order chi connectivity index (χ0) is 18.5. The second kappa shape index (κ2) is 8.25. The Morgan fingerprint density at radius 2 is 1.88 bits per heavy atom. The molecule has 0 atom stereocenters. The normalized spacial score (nSPS) is 15.3. The smallest absolute Gasteiger partial charge is 0.267 e. The van der Waals surface area contributed by atoms with Crippen LogP contribution in [0.25, 0.3) is 11.4 Å². The summed E-state index contributed by atoms with van der Waals surface area (Å²) in [6.45, 7) is 8.02. The van der Waals surface area contributed by atoms with Crippen LogP contribution in [0, 0.1) is 0 Å². The van der Waals surface area contributed by atoms with E-state index in [1.165, 1.54) is 0 Å². The molecule has 2 aromatic rings. The summed E-state index contributed by atoms with van der Waals surface area (Å²) in [4.78, 5) is 26.0. The van der Waals surface area contributed by atoms with Crippen molar-refractivity contribution in [3.63, 3.8) is 0 Å². The zero-order valence-corrected chi connectivity index (χ0v) is 15.6. The first kappa shape index (κ1) is 18.3. The van der Waals surface area contributed by atoms with Crippen LogP contribution in [0.4, 0.5) is 5.69 Å². The SMILES string of the molecule is CC(C)NNC(=O)c1cccnc1-c1ccc(N2CCN(C)CC2)cn1. The zero-order valence-electron chi connectivity index (χ0n) is 15.6. The monoisotopic (exact) mass is 354 g/mol. The summed E-state index contributed by atoms with van der Waals surface area (Å²) in [6.07, 6.45) is 3.54. The number of amides is 1. The molecule has 0 aliphatic carbocycles. The van der Waals surface area contributed by atoms with Crippen molar-refractivity contribution in [1.29, 1.82) is 0 Å². The molecule has 7 heteroatoms. The van der Waals surface area contributed by atoms with Gasteiger partial charge in [0.25, 0.3) is 5.91 Å². The molecule has 0 unspecified atom stereocenters. The third-order valence-electron chi connectivity index (χ3n) is 4.39. The van der Waals surface area contributed by atoms with Crippen LogP contribution in [0.5, 0.6) is 0 Å². The van der Waals surface area contributed by atoms with Gasteiger partial charge < -0.3 is 9.80 Å². The standard InChI is InChI=1S/C19H26N6O/c1-14(2)22-23-19(26)16-5-4-8-20-18(16)17-7-6-15(13-21-17)25-11-9-24(3)10-12-25/h4-8,13-14,22H,9-12H2,1-3H3,(H,23,26). The minimum atomic E-state index is -0.216. The van der Waals surface area contributed by atoms with Gasteiger partial charge in [0.05, 0.1) is 23.1 Å².